The molecule has 1 heterocycles. The molecule has 8 heteroatoms. The van der Waals surface area contributed by atoms with Crippen molar-refractivity contribution in [2.45, 2.75) is 13.5 Å². The summed E-state index contributed by atoms with van der Waals surface area (Å²) in [5, 5.41) is 7.55. The van der Waals surface area contributed by atoms with Gasteiger partial charge in [0.25, 0.3) is 0 Å². The van der Waals surface area contributed by atoms with E-state index in [1.807, 2.05) is 31.0 Å². The monoisotopic (exact) mass is 399 g/mol. The number of carbonyl (C=O) groups excluding carboxylic acids is 1. The van der Waals surface area contributed by atoms with Crippen LogP contribution in [0.25, 0.3) is 5.69 Å². The van der Waals surface area contributed by atoms with E-state index in [1.165, 1.54) is 6.33 Å². The van der Waals surface area contributed by atoms with E-state index >= 15 is 0 Å². The van der Waals surface area contributed by atoms with Crippen LogP contribution in [-0.4, -0.2) is 46.3 Å². The number of aromatic nitrogens is 3. The molecule has 1 N–H and O–H groups in total. The fourth-order valence-electron chi connectivity index (χ4n) is 2.95. The van der Waals surface area contributed by atoms with Gasteiger partial charge < -0.3 is 10.1 Å². The fourth-order valence-corrected chi connectivity index (χ4v) is 3.13. The van der Waals surface area contributed by atoms with Gasteiger partial charge in [-0.1, -0.05) is 29.3 Å². The summed E-state index contributed by atoms with van der Waals surface area (Å²) in [6, 6.07) is 11.2. The van der Waals surface area contributed by atoms with Gasteiger partial charge in [-0.3, -0.25) is 9.69 Å². The van der Waals surface area contributed by atoms with Crippen LogP contribution < -0.4 is 10.1 Å². The highest BCUT2D eigenvalue weighted by molar-refractivity contribution is 6.31. The maximum atomic E-state index is 12.6. The molecule has 0 bridgehead atoms. The summed E-state index contributed by atoms with van der Waals surface area (Å²) in [7, 11) is 3.53. The van der Waals surface area contributed by atoms with Crippen LogP contribution in [-0.2, 0) is 11.3 Å². The maximum absolute atomic E-state index is 12.6. The number of benzene rings is 2. The molecule has 1 aromatic heterocycles. The number of anilines is 1. The zero-order valence-corrected chi connectivity index (χ0v) is 16.8. The largest absolute Gasteiger partial charge is 0.496 e. The van der Waals surface area contributed by atoms with Gasteiger partial charge in [0.2, 0.25) is 5.91 Å². The van der Waals surface area contributed by atoms with Gasteiger partial charge in [-0.15, -0.1) is 0 Å². The highest BCUT2D eigenvalue weighted by Crippen LogP contribution is 2.24. The quantitative estimate of drug-likeness (QED) is 0.659. The van der Waals surface area contributed by atoms with Gasteiger partial charge in [0, 0.05) is 17.1 Å². The van der Waals surface area contributed by atoms with Crippen LogP contribution in [0.15, 0.2) is 49.1 Å². The molecule has 0 fully saturated rings. The summed E-state index contributed by atoms with van der Waals surface area (Å²) in [5.41, 5.74) is 3.44. The van der Waals surface area contributed by atoms with Crippen LogP contribution in [0.1, 0.15) is 11.1 Å². The predicted octanol–water partition coefficient (Wildman–Crippen LogP) is 3.31. The number of carbonyl (C=O) groups is 1. The van der Waals surface area contributed by atoms with Crippen LogP contribution in [0.4, 0.5) is 5.69 Å². The fraction of sp³-hybridized carbons (Fsp3) is 0.250. The van der Waals surface area contributed by atoms with Crippen LogP contribution in [0.5, 0.6) is 5.75 Å². The zero-order chi connectivity index (χ0) is 20.1. The number of likely N-dealkylation sites (N-methyl/N-ethyl adjacent to an activating group) is 1. The lowest BCUT2D eigenvalue weighted by molar-refractivity contribution is -0.117. The molecule has 0 radical (unpaired) electrons. The Balaban J connectivity index is 1.69. The molecule has 0 unspecified atom stereocenters. The van der Waals surface area contributed by atoms with Crippen molar-refractivity contribution in [3.05, 3.63) is 65.2 Å². The first kappa shape index (κ1) is 19.9. The van der Waals surface area contributed by atoms with Gasteiger partial charge in [0.15, 0.2) is 0 Å². The van der Waals surface area contributed by atoms with E-state index in [2.05, 4.69) is 21.5 Å². The van der Waals surface area contributed by atoms with Crippen LogP contribution in [0.2, 0.25) is 5.02 Å². The van der Waals surface area contributed by atoms with E-state index in [0.717, 1.165) is 16.9 Å². The molecule has 1 amide bonds. The molecule has 0 saturated carbocycles. The van der Waals surface area contributed by atoms with Gasteiger partial charge in [-0.05, 0) is 38.2 Å². The average molecular weight is 400 g/mol. The molecule has 0 aliphatic heterocycles. The number of hydrogen-bond donors (Lipinski definition) is 1. The van der Waals surface area contributed by atoms with Crippen molar-refractivity contribution in [1.29, 1.82) is 0 Å². The van der Waals surface area contributed by atoms with Crippen molar-refractivity contribution in [3.63, 3.8) is 0 Å². The van der Waals surface area contributed by atoms with E-state index in [1.54, 1.807) is 36.3 Å². The average Bonchev–Trinajstić information content (AvgIpc) is 3.16. The lowest BCUT2D eigenvalue weighted by atomic mass is 10.1. The first-order valence-corrected chi connectivity index (χ1v) is 9.10. The Morgan fingerprint density at radius 3 is 2.82 bits per heavy atom. The number of amides is 1. The number of ether oxygens (including phenoxy) is 1. The molecular weight excluding hydrogens is 378 g/mol. The number of nitrogens with zero attached hydrogens (tertiary/aromatic N) is 4. The van der Waals surface area contributed by atoms with E-state index in [-0.39, 0.29) is 12.5 Å². The second-order valence-corrected chi connectivity index (χ2v) is 6.97. The molecule has 3 aromatic rings. The molecule has 3 rings (SSSR count). The van der Waals surface area contributed by atoms with E-state index < -0.39 is 0 Å². The second kappa shape index (κ2) is 8.86. The maximum Gasteiger partial charge on any atom is 0.238 e. The minimum Gasteiger partial charge on any atom is -0.496 e. The molecule has 146 valence electrons. The Bertz CT molecular complexity index is 959. The first-order valence-electron chi connectivity index (χ1n) is 8.72. The summed E-state index contributed by atoms with van der Waals surface area (Å²) >= 11 is 6.10. The number of aryl methyl sites for hydroxylation is 1. The van der Waals surface area contributed by atoms with Crippen molar-refractivity contribution < 1.29 is 9.53 Å². The third-order valence-corrected chi connectivity index (χ3v) is 4.42. The Hall–Kier alpha value is -2.90. The third-order valence-electron chi connectivity index (χ3n) is 4.19. The molecular formula is C20H22ClN5O2. The van der Waals surface area contributed by atoms with Crippen LogP contribution >= 0.6 is 11.6 Å². The van der Waals surface area contributed by atoms with Gasteiger partial charge >= 0.3 is 0 Å². The lowest BCUT2D eigenvalue weighted by Gasteiger charge is -2.19. The highest BCUT2D eigenvalue weighted by atomic mass is 35.5. The standard InChI is InChI=1S/C20H22ClN5O2/c1-14-4-7-19(28-3)15(8-14)10-25(2)11-20(27)24-17-9-16(21)5-6-18(17)26-13-22-12-23-26/h4-9,12-13H,10-11H2,1-3H3,(H,24,27). The molecule has 0 atom stereocenters. The van der Waals surface area contributed by atoms with Gasteiger partial charge in [0.05, 0.1) is 25.0 Å². The Morgan fingerprint density at radius 2 is 2.11 bits per heavy atom. The van der Waals surface area contributed by atoms with Gasteiger partial charge in [-0.2, -0.15) is 5.10 Å². The second-order valence-electron chi connectivity index (χ2n) is 6.54. The number of rotatable bonds is 7. The topological polar surface area (TPSA) is 72.3 Å². The minimum atomic E-state index is -0.155. The number of hydrogen-bond acceptors (Lipinski definition) is 5. The summed E-state index contributed by atoms with van der Waals surface area (Å²) in [6.45, 7) is 2.82. The summed E-state index contributed by atoms with van der Waals surface area (Å²) in [5.74, 6) is 0.652. The summed E-state index contributed by atoms with van der Waals surface area (Å²) in [4.78, 5) is 18.5. The molecule has 28 heavy (non-hydrogen) atoms. The molecule has 0 aliphatic carbocycles. The first-order chi connectivity index (χ1) is 13.5. The number of nitrogens with one attached hydrogen (secondary N) is 1. The molecule has 0 saturated heterocycles. The third kappa shape index (κ3) is 4.88. The molecule has 0 aliphatic rings. The molecule has 0 spiro atoms. The predicted molar refractivity (Wildman–Crippen MR) is 109 cm³/mol. The van der Waals surface area contributed by atoms with Gasteiger partial charge in [-0.25, -0.2) is 9.67 Å². The van der Waals surface area contributed by atoms with Crippen molar-refractivity contribution >= 4 is 23.2 Å². The Morgan fingerprint density at radius 1 is 1.29 bits per heavy atom. The van der Waals surface area contributed by atoms with E-state index in [0.29, 0.717) is 22.9 Å². The summed E-state index contributed by atoms with van der Waals surface area (Å²) in [6.07, 6.45) is 3.00. The number of methoxy groups -OCH3 is 1. The Labute approximate surface area is 168 Å². The zero-order valence-electron chi connectivity index (χ0n) is 16.0. The van der Waals surface area contributed by atoms with Crippen molar-refractivity contribution in [2.75, 3.05) is 26.0 Å². The molecule has 2 aromatic carbocycles. The number of halogens is 1. The minimum absolute atomic E-state index is 0.155. The van der Waals surface area contributed by atoms with E-state index in [4.69, 9.17) is 16.3 Å². The van der Waals surface area contributed by atoms with Crippen molar-refractivity contribution in [2.24, 2.45) is 0 Å². The SMILES string of the molecule is COc1ccc(C)cc1CN(C)CC(=O)Nc1cc(Cl)ccc1-n1cncn1. The lowest BCUT2D eigenvalue weighted by Crippen LogP contribution is -2.30. The smallest absolute Gasteiger partial charge is 0.238 e. The highest BCUT2D eigenvalue weighted by Gasteiger charge is 2.13. The van der Waals surface area contributed by atoms with Crippen LogP contribution in [0, 0.1) is 6.92 Å². The molecule has 7 nitrogen and oxygen atoms in total. The summed E-state index contributed by atoms with van der Waals surface area (Å²) < 4.78 is 6.99. The van der Waals surface area contributed by atoms with Crippen molar-refractivity contribution in [3.8, 4) is 11.4 Å². The normalized spacial score (nSPS) is 10.9. The van der Waals surface area contributed by atoms with Crippen molar-refractivity contribution in [1.82, 2.24) is 19.7 Å². The van der Waals surface area contributed by atoms with E-state index in [9.17, 15) is 4.79 Å². The Kier molecular flexibility index (Phi) is 6.28. The van der Waals surface area contributed by atoms with Crippen LogP contribution in [0.3, 0.4) is 0 Å². The van der Waals surface area contributed by atoms with Gasteiger partial charge in [0.1, 0.15) is 18.4 Å².